The molecule has 1 heterocycles. The molecule has 1 aromatic heterocycles. The Morgan fingerprint density at radius 1 is 0.737 bits per heavy atom. The molecule has 0 saturated heterocycles. The van der Waals surface area contributed by atoms with E-state index >= 15 is 0 Å². The largest absolute Gasteiger partial charge is 0.508 e. The fourth-order valence-corrected chi connectivity index (χ4v) is 2.05. The Kier molecular flexibility index (Phi) is 2.72. The van der Waals surface area contributed by atoms with Crippen LogP contribution in [0, 0.1) is 0 Å². The number of nitrogen functional groups attached to an aromatic ring is 1. The van der Waals surface area contributed by atoms with Crippen LogP contribution in [0.3, 0.4) is 0 Å². The Bertz CT molecular complexity index is 622. The Morgan fingerprint density at radius 3 is 1.74 bits per heavy atom. The summed E-state index contributed by atoms with van der Waals surface area (Å²) < 4.78 is 5.32. The molecule has 0 aliphatic carbocycles. The fourth-order valence-electron chi connectivity index (χ4n) is 2.05. The highest BCUT2D eigenvalue weighted by Crippen LogP contribution is 2.34. The van der Waals surface area contributed by atoms with Crippen LogP contribution in [0.1, 0.15) is 0 Å². The van der Waals surface area contributed by atoms with Crippen molar-refractivity contribution in [2.24, 2.45) is 0 Å². The van der Waals surface area contributed by atoms with Crippen molar-refractivity contribution >= 4 is 5.69 Å². The first kappa shape index (κ1) is 11.4. The van der Waals surface area contributed by atoms with Gasteiger partial charge in [0, 0.05) is 16.8 Å². The van der Waals surface area contributed by atoms with Gasteiger partial charge in [0.25, 0.3) is 0 Å². The normalized spacial score (nSPS) is 10.5. The van der Waals surface area contributed by atoms with Crippen LogP contribution < -0.4 is 5.73 Å². The highest BCUT2D eigenvalue weighted by molar-refractivity contribution is 5.82. The van der Waals surface area contributed by atoms with Gasteiger partial charge >= 0.3 is 0 Å². The van der Waals surface area contributed by atoms with Crippen molar-refractivity contribution in [2.45, 2.75) is 0 Å². The van der Waals surface area contributed by atoms with E-state index in [-0.39, 0.29) is 5.75 Å². The van der Waals surface area contributed by atoms with Crippen molar-refractivity contribution in [2.75, 3.05) is 5.73 Å². The molecule has 3 heteroatoms. The average molecular weight is 251 g/mol. The van der Waals surface area contributed by atoms with Gasteiger partial charge in [-0.2, -0.15) is 0 Å². The minimum Gasteiger partial charge on any atom is -0.508 e. The van der Waals surface area contributed by atoms with Crippen LogP contribution in [0.4, 0.5) is 5.69 Å². The summed E-state index contributed by atoms with van der Waals surface area (Å²) in [6.07, 6.45) is 3.42. The van der Waals surface area contributed by atoms with Gasteiger partial charge in [0.1, 0.15) is 5.75 Å². The van der Waals surface area contributed by atoms with E-state index in [9.17, 15) is 5.11 Å². The predicted octanol–water partition coefficient (Wildman–Crippen LogP) is 3.90. The molecule has 2 aromatic carbocycles. The molecule has 3 aromatic rings. The molecule has 0 saturated carbocycles. The van der Waals surface area contributed by atoms with Gasteiger partial charge < -0.3 is 15.3 Å². The number of hydrogen-bond acceptors (Lipinski definition) is 3. The number of furan rings is 1. The molecule has 3 nitrogen and oxygen atoms in total. The second-order valence-corrected chi connectivity index (χ2v) is 4.37. The molecular weight excluding hydrogens is 238 g/mol. The highest BCUT2D eigenvalue weighted by atomic mass is 16.3. The number of anilines is 1. The van der Waals surface area contributed by atoms with Crippen molar-refractivity contribution in [1.82, 2.24) is 0 Å². The summed E-state index contributed by atoms with van der Waals surface area (Å²) in [6.45, 7) is 0. The zero-order valence-electron chi connectivity index (χ0n) is 10.2. The number of aromatic hydroxyl groups is 1. The van der Waals surface area contributed by atoms with E-state index in [1.54, 1.807) is 24.7 Å². The second kappa shape index (κ2) is 4.53. The summed E-state index contributed by atoms with van der Waals surface area (Å²) in [6, 6.07) is 14.7. The van der Waals surface area contributed by atoms with Gasteiger partial charge in [-0.3, -0.25) is 0 Å². The topological polar surface area (TPSA) is 59.4 Å². The maximum Gasteiger partial charge on any atom is 0.115 e. The van der Waals surface area contributed by atoms with Crippen molar-refractivity contribution in [1.29, 1.82) is 0 Å². The number of nitrogens with two attached hydrogens (primary N) is 1. The highest BCUT2D eigenvalue weighted by Gasteiger charge is 2.09. The molecule has 19 heavy (non-hydrogen) atoms. The lowest BCUT2D eigenvalue weighted by Gasteiger charge is -2.04. The van der Waals surface area contributed by atoms with Crippen LogP contribution in [-0.4, -0.2) is 5.11 Å². The molecular formula is C16H13NO2. The molecule has 0 fully saturated rings. The van der Waals surface area contributed by atoms with Crippen LogP contribution in [-0.2, 0) is 0 Å². The van der Waals surface area contributed by atoms with E-state index in [0.29, 0.717) is 0 Å². The first-order chi connectivity index (χ1) is 9.24. The Hall–Kier alpha value is -2.68. The van der Waals surface area contributed by atoms with Gasteiger partial charge in [-0.15, -0.1) is 0 Å². The lowest BCUT2D eigenvalue weighted by atomic mass is 9.99. The van der Waals surface area contributed by atoms with E-state index in [1.165, 1.54) is 0 Å². The molecule has 0 spiro atoms. The summed E-state index contributed by atoms with van der Waals surface area (Å²) in [5, 5.41) is 9.33. The lowest BCUT2D eigenvalue weighted by molar-refractivity contribution is 0.475. The molecule has 0 atom stereocenters. The van der Waals surface area contributed by atoms with Gasteiger partial charge in [-0.25, -0.2) is 0 Å². The standard InChI is InChI=1S/C16H13NO2/c17-13-5-1-11(2-6-13)15-9-19-10-16(15)12-3-7-14(18)8-4-12/h1-10,18H,17H2. The van der Waals surface area contributed by atoms with E-state index in [4.69, 9.17) is 10.2 Å². The van der Waals surface area contributed by atoms with E-state index in [1.807, 2.05) is 36.4 Å². The average Bonchev–Trinajstić information content (AvgIpc) is 2.90. The second-order valence-electron chi connectivity index (χ2n) is 4.37. The Morgan fingerprint density at radius 2 is 1.21 bits per heavy atom. The van der Waals surface area contributed by atoms with Crippen LogP contribution in [0.25, 0.3) is 22.3 Å². The van der Waals surface area contributed by atoms with Crippen LogP contribution in [0.2, 0.25) is 0 Å². The SMILES string of the molecule is Nc1ccc(-c2cocc2-c2ccc(O)cc2)cc1. The number of hydrogen-bond donors (Lipinski definition) is 2. The Labute approximate surface area is 110 Å². The first-order valence-electron chi connectivity index (χ1n) is 5.95. The summed E-state index contributed by atoms with van der Waals surface area (Å²) >= 11 is 0. The van der Waals surface area contributed by atoms with E-state index < -0.39 is 0 Å². The zero-order valence-corrected chi connectivity index (χ0v) is 10.2. The summed E-state index contributed by atoms with van der Waals surface area (Å²) in [4.78, 5) is 0. The monoisotopic (exact) mass is 251 g/mol. The maximum absolute atomic E-state index is 9.33. The first-order valence-corrected chi connectivity index (χ1v) is 5.95. The molecule has 94 valence electrons. The van der Waals surface area contributed by atoms with Crippen molar-refractivity contribution in [3.8, 4) is 28.0 Å². The quantitative estimate of drug-likeness (QED) is 0.679. The fraction of sp³-hybridized carbons (Fsp3) is 0. The van der Waals surface area contributed by atoms with Gasteiger partial charge in [-0.05, 0) is 35.4 Å². The summed E-state index contributed by atoms with van der Waals surface area (Å²) in [7, 11) is 0. The van der Waals surface area contributed by atoms with Crippen molar-refractivity contribution in [3.05, 3.63) is 61.1 Å². The summed E-state index contributed by atoms with van der Waals surface area (Å²) in [5.41, 5.74) is 10.5. The predicted molar refractivity (Wildman–Crippen MR) is 75.7 cm³/mol. The molecule has 3 rings (SSSR count). The van der Waals surface area contributed by atoms with Crippen molar-refractivity contribution < 1.29 is 9.52 Å². The van der Waals surface area contributed by atoms with Crippen molar-refractivity contribution in [3.63, 3.8) is 0 Å². The third-order valence-corrected chi connectivity index (χ3v) is 3.06. The molecule has 0 amide bonds. The minimum atomic E-state index is 0.251. The minimum absolute atomic E-state index is 0.251. The van der Waals surface area contributed by atoms with Gasteiger partial charge in [-0.1, -0.05) is 24.3 Å². The molecule has 0 bridgehead atoms. The summed E-state index contributed by atoms with van der Waals surface area (Å²) in [5.74, 6) is 0.251. The third kappa shape index (κ3) is 2.18. The number of phenolic OH excluding ortho intramolecular Hbond substituents is 1. The van der Waals surface area contributed by atoms with Crippen LogP contribution >= 0.6 is 0 Å². The van der Waals surface area contributed by atoms with Gasteiger partial charge in [0.05, 0.1) is 12.5 Å². The maximum atomic E-state index is 9.33. The molecule has 0 radical (unpaired) electrons. The number of phenols is 1. The zero-order chi connectivity index (χ0) is 13.2. The molecule has 0 aliphatic heterocycles. The molecule has 0 aliphatic rings. The van der Waals surface area contributed by atoms with E-state index in [2.05, 4.69) is 0 Å². The number of benzene rings is 2. The molecule has 3 N–H and O–H groups in total. The van der Waals surface area contributed by atoms with Gasteiger partial charge in [0.2, 0.25) is 0 Å². The van der Waals surface area contributed by atoms with Crippen LogP contribution in [0.15, 0.2) is 65.5 Å². The lowest BCUT2D eigenvalue weighted by Crippen LogP contribution is -1.84. The smallest absolute Gasteiger partial charge is 0.115 e. The van der Waals surface area contributed by atoms with Gasteiger partial charge in [0.15, 0.2) is 0 Å². The third-order valence-electron chi connectivity index (χ3n) is 3.06. The number of rotatable bonds is 2. The van der Waals surface area contributed by atoms with Crippen LogP contribution in [0.5, 0.6) is 5.75 Å². The van der Waals surface area contributed by atoms with E-state index in [0.717, 1.165) is 27.9 Å². The molecule has 0 unspecified atom stereocenters. The Balaban J connectivity index is 2.07.